The minimum absolute atomic E-state index is 0.207. The molecule has 2 unspecified atom stereocenters. The summed E-state index contributed by atoms with van der Waals surface area (Å²) in [7, 11) is -1.90. The van der Waals surface area contributed by atoms with Crippen LogP contribution in [0.25, 0.3) is 0 Å². The molecule has 0 spiro atoms. The summed E-state index contributed by atoms with van der Waals surface area (Å²) < 4.78 is 18.1. The van der Waals surface area contributed by atoms with E-state index in [4.69, 9.17) is 10.5 Å². The average molecular weight is 502 g/mol. The average Bonchev–Trinajstić information content (AvgIpc) is 2.76. The number of hydrogen-bond donors (Lipinski definition) is 2. The summed E-state index contributed by atoms with van der Waals surface area (Å²) in [5.74, 6) is -3.25. The van der Waals surface area contributed by atoms with E-state index >= 15 is 0 Å². The van der Waals surface area contributed by atoms with E-state index in [0.29, 0.717) is 12.8 Å². The molecule has 198 valence electrons. The van der Waals surface area contributed by atoms with Crippen molar-refractivity contribution in [1.29, 1.82) is 0 Å². The van der Waals surface area contributed by atoms with Gasteiger partial charge < -0.3 is 15.6 Å². The summed E-state index contributed by atoms with van der Waals surface area (Å²) in [6.07, 6.45) is 16.0. The maximum Gasteiger partial charge on any atom is 0.319 e. The number of nitrogens with two attached hydrogens (primary N) is 1. The van der Waals surface area contributed by atoms with Gasteiger partial charge in [0.1, 0.15) is 17.1 Å². The van der Waals surface area contributed by atoms with Crippen LogP contribution in [0.5, 0.6) is 0 Å². The highest BCUT2D eigenvalue weighted by molar-refractivity contribution is 7.87. The zero-order chi connectivity index (χ0) is 25.3. The fourth-order valence-corrected chi connectivity index (χ4v) is 6.23. The van der Waals surface area contributed by atoms with Crippen molar-refractivity contribution in [2.75, 3.05) is 5.75 Å². The number of carbonyl (C=O) groups excluding carboxylic acids is 2. The molecule has 1 aliphatic heterocycles. The monoisotopic (exact) mass is 501 g/mol. The van der Waals surface area contributed by atoms with Crippen LogP contribution in [0.4, 0.5) is 0 Å². The molecule has 0 aromatic carbocycles. The molecule has 1 saturated heterocycles. The van der Waals surface area contributed by atoms with Gasteiger partial charge in [0.25, 0.3) is 0 Å². The maximum absolute atomic E-state index is 12.7. The molecule has 34 heavy (non-hydrogen) atoms. The number of cyclic esters (lactones) is 1. The van der Waals surface area contributed by atoms with Gasteiger partial charge in [0, 0.05) is 10.8 Å². The molecule has 0 radical (unpaired) electrons. The molecule has 1 aliphatic rings. The Balaban J connectivity index is 2.67. The normalized spacial score (nSPS) is 20.2. The summed E-state index contributed by atoms with van der Waals surface area (Å²) in [6.45, 7) is 4.34. The summed E-state index contributed by atoms with van der Waals surface area (Å²) in [5.41, 5.74) is 5.19. The molecule has 3 N–H and O–H groups in total. The third kappa shape index (κ3) is 11.8. The largest absolute Gasteiger partial charge is 0.480 e. The topological polar surface area (TPSA) is 124 Å². The van der Waals surface area contributed by atoms with E-state index in [0.717, 1.165) is 51.4 Å². The van der Waals surface area contributed by atoms with E-state index < -0.39 is 39.6 Å². The van der Waals surface area contributed by atoms with E-state index in [1.54, 1.807) is 0 Å². The van der Waals surface area contributed by atoms with E-state index in [-0.39, 0.29) is 18.0 Å². The highest BCUT2D eigenvalue weighted by Gasteiger charge is 2.45. The predicted octanol–water partition coefficient (Wildman–Crippen LogP) is 5.11. The number of primary amides is 1. The van der Waals surface area contributed by atoms with Gasteiger partial charge in [-0.15, -0.1) is 0 Å². The summed E-state index contributed by atoms with van der Waals surface area (Å²) in [4.78, 5) is 35.4. The third-order valence-corrected chi connectivity index (χ3v) is 8.56. The quantitative estimate of drug-likeness (QED) is 0.157. The number of esters is 1. The van der Waals surface area contributed by atoms with Crippen LogP contribution in [-0.2, 0) is 29.9 Å². The van der Waals surface area contributed by atoms with Crippen molar-refractivity contribution in [3.05, 3.63) is 0 Å². The second-order valence-corrected chi connectivity index (χ2v) is 11.4. The molecule has 1 fully saturated rings. The van der Waals surface area contributed by atoms with Crippen molar-refractivity contribution in [3.63, 3.8) is 0 Å². The maximum atomic E-state index is 12.7. The van der Waals surface area contributed by atoms with Gasteiger partial charge in [-0.2, -0.15) is 0 Å². The van der Waals surface area contributed by atoms with Crippen LogP contribution in [0.3, 0.4) is 0 Å². The highest BCUT2D eigenvalue weighted by Crippen LogP contribution is 2.35. The number of unbranched alkanes of at least 4 members (excludes halogenated alkanes) is 11. The summed E-state index contributed by atoms with van der Waals surface area (Å²) in [5, 5.41) is 8.66. The Morgan fingerprint density at radius 1 is 0.941 bits per heavy atom. The van der Waals surface area contributed by atoms with E-state index in [1.807, 2.05) is 0 Å². The third-order valence-electron chi connectivity index (χ3n) is 6.84. The smallest absolute Gasteiger partial charge is 0.319 e. The number of carboxylic acids is 1. The molecular weight excluding hydrogens is 454 g/mol. The SMILES string of the molecule is CCCCCCCCCCCC(C[C@@H]1OC(=O)[C@H]1CCCCCC)[C@@H](C(=O)O)S(=O)CC(N)=O. The first kappa shape index (κ1) is 30.6. The van der Waals surface area contributed by atoms with Crippen molar-refractivity contribution in [3.8, 4) is 0 Å². The summed E-state index contributed by atoms with van der Waals surface area (Å²) >= 11 is 0. The molecule has 5 atom stereocenters. The predicted molar refractivity (Wildman–Crippen MR) is 136 cm³/mol. The van der Waals surface area contributed by atoms with E-state index in [9.17, 15) is 23.7 Å². The van der Waals surface area contributed by atoms with E-state index in [1.165, 1.54) is 38.5 Å². The van der Waals surface area contributed by atoms with Gasteiger partial charge in [0.05, 0.1) is 5.92 Å². The Bertz CT molecular complexity index is 641. The van der Waals surface area contributed by atoms with Crippen LogP contribution >= 0.6 is 0 Å². The van der Waals surface area contributed by atoms with Crippen LogP contribution in [0.2, 0.25) is 0 Å². The van der Waals surface area contributed by atoms with Crippen LogP contribution < -0.4 is 5.73 Å². The fourth-order valence-electron chi connectivity index (χ4n) is 4.87. The molecule has 0 aliphatic carbocycles. The van der Waals surface area contributed by atoms with Crippen LogP contribution in [0.15, 0.2) is 0 Å². The Morgan fingerprint density at radius 2 is 1.47 bits per heavy atom. The first-order valence-corrected chi connectivity index (χ1v) is 14.8. The highest BCUT2D eigenvalue weighted by atomic mass is 32.2. The molecule has 0 aromatic heterocycles. The first-order valence-electron chi connectivity index (χ1n) is 13.4. The van der Waals surface area contributed by atoms with Gasteiger partial charge in [0.2, 0.25) is 5.91 Å². The van der Waals surface area contributed by atoms with Gasteiger partial charge in [-0.05, 0) is 25.2 Å². The lowest BCUT2D eigenvalue weighted by atomic mass is 9.82. The summed E-state index contributed by atoms with van der Waals surface area (Å²) in [6, 6.07) is 0. The Hall–Kier alpha value is -1.44. The van der Waals surface area contributed by atoms with Gasteiger partial charge in [-0.3, -0.25) is 18.6 Å². The van der Waals surface area contributed by atoms with E-state index in [2.05, 4.69) is 13.8 Å². The lowest BCUT2D eigenvalue weighted by Gasteiger charge is -2.38. The first-order chi connectivity index (χ1) is 16.3. The second kappa shape index (κ2) is 17.9. The lowest BCUT2D eigenvalue weighted by Crippen LogP contribution is -2.48. The number of hydrogen-bond acceptors (Lipinski definition) is 5. The Labute approximate surface area is 208 Å². The molecule has 8 heteroatoms. The van der Waals surface area contributed by atoms with Crippen molar-refractivity contribution in [2.45, 2.75) is 128 Å². The molecule has 1 amide bonds. The van der Waals surface area contributed by atoms with Crippen LogP contribution in [0, 0.1) is 11.8 Å². The van der Waals surface area contributed by atoms with Crippen LogP contribution in [0.1, 0.15) is 117 Å². The fraction of sp³-hybridized carbons (Fsp3) is 0.885. The molecule has 0 saturated carbocycles. The molecule has 1 rings (SSSR count). The zero-order valence-electron chi connectivity index (χ0n) is 21.3. The Morgan fingerprint density at radius 3 is 1.97 bits per heavy atom. The Kier molecular flexibility index (Phi) is 16.1. The number of amides is 1. The number of carbonyl (C=O) groups is 3. The van der Waals surface area contributed by atoms with Gasteiger partial charge in [-0.25, -0.2) is 0 Å². The minimum Gasteiger partial charge on any atom is -0.480 e. The standard InChI is InChI=1S/C26H47NO6S/c1-3-5-7-9-10-11-12-13-14-16-20(24(25(29)30)34(32)19-23(27)28)18-22-21(26(31)33-22)17-15-8-6-4-2/h20-22,24H,3-19H2,1-2H3,(H2,27,28)(H,29,30)/t20?,21-,22-,24-,34?/m0/s1. The minimum atomic E-state index is -1.90. The van der Waals surface area contributed by atoms with Crippen molar-refractivity contribution in [2.24, 2.45) is 17.6 Å². The van der Waals surface area contributed by atoms with Crippen molar-refractivity contribution >= 4 is 28.6 Å². The van der Waals surface area contributed by atoms with Crippen molar-refractivity contribution in [1.82, 2.24) is 0 Å². The number of ether oxygens (including phenoxy) is 1. The second-order valence-electron chi connectivity index (χ2n) is 9.79. The molecule has 0 bridgehead atoms. The van der Waals surface area contributed by atoms with Gasteiger partial charge in [0.15, 0.2) is 0 Å². The zero-order valence-corrected chi connectivity index (χ0v) is 22.1. The number of carboxylic acid groups (broad SMARTS) is 1. The van der Waals surface area contributed by atoms with Crippen molar-refractivity contribution < 1.29 is 28.4 Å². The van der Waals surface area contributed by atoms with Gasteiger partial charge in [-0.1, -0.05) is 97.3 Å². The lowest BCUT2D eigenvalue weighted by molar-refractivity contribution is -0.187. The molecule has 0 aromatic rings. The van der Waals surface area contributed by atoms with Gasteiger partial charge >= 0.3 is 11.9 Å². The number of aliphatic carboxylic acids is 1. The molecular formula is C26H47NO6S. The number of rotatable bonds is 22. The van der Waals surface area contributed by atoms with Crippen LogP contribution in [-0.4, -0.2) is 44.3 Å². The molecule has 7 nitrogen and oxygen atoms in total. The molecule has 1 heterocycles.